The second kappa shape index (κ2) is 8.53. The van der Waals surface area contributed by atoms with Crippen molar-refractivity contribution >= 4 is 17.7 Å². The fraction of sp³-hybridized carbons (Fsp3) is 0.211. The molecule has 1 atom stereocenters. The Bertz CT molecular complexity index is 849. The lowest BCUT2D eigenvalue weighted by Gasteiger charge is -2.10. The zero-order chi connectivity index (χ0) is 18.4. The second-order valence-electron chi connectivity index (χ2n) is 5.66. The first-order valence-corrected chi connectivity index (χ1v) is 9.09. The Morgan fingerprint density at radius 2 is 1.92 bits per heavy atom. The monoisotopic (exact) mass is 368 g/mol. The van der Waals surface area contributed by atoms with Crippen LogP contribution in [0.3, 0.4) is 0 Å². The van der Waals surface area contributed by atoms with Gasteiger partial charge in [0.05, 0.1) is 12.4 Å². The Hall–Kier alpha value is -2.80. The van der Waals surface area contributed by atoms with E-state index in [1.807, 2.05) is 61.5 Å². The Morgan fingerprint density at radius 1 is 1.19 bits per heavy atom. The minimum Gasteiger partial charge on any atom is -0.497 e. The SMILES string of the molecule is COc1ccc(-c2nc(S[C@H](C)C(=O)NCc3ccccc3)n[nH]2)cc1. The van der Waals surface area contributed by atoms with E-state index in [9.17, 15) is 4.79 Å². The van der Waals surface area contributed by atoms with Gasteiger partial charge in [-0.25, -0.2) is 4.98 Å². The number of carbonyl (C=O) groups is 1. The average molecular weight is 368 g/mol. The van der Waals surface area contributed by atoms with Gasteiger partial charge in [0.25, 0.3) is 0 Å². The average Bonchev–Trinajstić information content (AvgIpc) is 3.15. The van der Waals surface area contributed by atoms with E-state index in [2.05, 4.69) is 20.5 Å². The summed E-state index contributed by atoms with van der Waals surface area (Å²) >= 11 is 1.32. The van der Waals surface area contributed by atoms with Crippen molar-refractivity contribution in [1.29, 1.82) is 0 Å². The maximum Gasteiger partial charge on any atom is 0.233 e. The Morgan fingerprint density at radius 3 is 2.62 bits per heavy atom. The quantitative estimate of drug-likeness (QED) is 0.626. The van der Waals surface area contributed by atoms with Crippen LogP contribution in [0.5, 0.6) is 5.75 Å². The summed E-state index contributed by atoms with van der Waals surface area (Å²) in [5, 5.41) is 10.3. The third-order valence-corrected chi connectivity index (χ3v) is 4.75. The molecule has 1 aromatic heterocycles. The third-order valence-electron chi connectivity index (χ3n) is 3.79. The molecule has 0 saturated heterocycles. The summed E-state index contributed by atoms with van der Waals surface area (Å²) in [6.45, 7) is 2.35. The van der Waals surface area contributed by atoms with Crippen LogP contribution in [0.4, 0.5) is 0 Å². The molecule has 0 aliphatic heterocycles. The van der Waals surface area contributed by atoms with Crippen molar-refractivity contribution in [3.05, 3.63) is 60.2 Å². The molecule has 0 aliphatic carbocycles. The lowest BCUT2D eigenvalue weighted by atomic mass is 10.2. The van der Waals surface area contributed by atoms with Gasteiger partial charge in [0.15, 0.2) is 5.82 Å². The largest absolute Gasteiger partial charge is 0.497 e. The van der Waals surface area contributed by atoms with Crippen molar-refractivity contribution in [1.82, 2.24) is 20.5 Å². The number of H-pyrrole nitrogens is 1. The predicted octanol–water partition coefficient (Wildman–Crippen LogP) is 3.28. The molecule has 1 heterocycles. The van der Waals surface area contributed by atoms with Crippen molar-refractivity contribution in [2.75, 3.05) is 7.11 Å². The van der Waals surface area contributed by atoms with Gasteiger partial charge in [0.2, 0.25) is 11.1 Å². The highest BCUT2D eigenvalue weighted by molar-refractivity contribution is 8.00. The summed E-state index contributed by atoms with van der Waals surface area (Å²) in [5.74, 6) is 1.40. The molecule has 2 N–H and O–H groups in total. The van der Waals surface area contributed by atoms with E-state index in [-0.39, 0.29) is 11.2 Å². The number of nitrogens with one attached hydrogen (secondary N) is 2. The van der Waals surface area contributed by atoms with E-state index < -0.39 is 0 Å². The number of thioether (sulfide) groups is 1. The molecule has 0 unspecified atom stereocenters. The van der Waals surface area contributed by atoms with Crippen LogP contribution < -0.4 is 10.1 Å². The molecule has 0 bridgehead atoms. The highest BCUT2D eigenvalue weighted by Gasteiger charge is 2.17. The van der Waals surface area contributed by atoms with Gasteiger partial charge in [0, 0.05) is 12.1 Å². The summed E-state index contributed by atoms with van der Waals surface area (Å²) in [6.07, 6.45) is 0. The first-order chi connectivity index (χ1) is 12.7. The highest BCUT2D eigenvalue weighted by atomic mass is 32.2. The summed E-state index contributed by atoms with van der Waals surface area (Å²) in [5.41, 5.74) is 1.98. The molecular formula is C19H20N4O2S. The molecule has 0 radical (unpaired) electrons. The maximum atomic E-state index is 12.3. The minimum atomic E-state index is -0.293. The van der Waals surface area contributed by atoms with E-state index in [0.29, 0.717) is 17.5 Å². The number of rotatable bonds is 7. The van der Waals surface area contributed by atoms with Crippen molar-refractivity contribution in [2.45, 2.75) is 23.9 Å². The molecule has 0 spiro atoms. The zero-order valence-corrected chi connectivity index (χ0v) is 15.4. The summed E-state index contributed by atoms with van der Waals surface area (Å²) in [4.78, 5) is 16.7. The number of hydrogen-bond donors (Lipinski definition) is 2. The van der Waals surface area contributed by atoms with Crippen LogP contribution in [0.15, 0.2) is 59.8 Å². The molecular weight excluding hydrogens is 348 g/mol. The van der Waals surface area contributed by atoms with Gasteiger partial charge < -0.3 is 10.1 Å². The van der Waals surface area contributed by atoms with Gasteiger partial charge >= 0.3 is 0 Å². The van der Waals surface area contributed by atoms with Crippen molar-refractivity contribution in [2.24, 2.45) is 0 Å². The van der Waals surface area contributed by atoms with E-state index >= 15 is 0 Å². The lowest BCUT2D eigenvalue weighted by molar-refractivity contribution is -0.120. The molecule has 2 aromatic carbocycles. The summed E-state index contributed by atoms with van der Waals surface area (Å²) in [7, 11) is 1.63. The van der Waals surface area contributed by atoms with Gasteiger partial charge in [-0.2, -0.15) is 0 Å². The summed E-state index contributed by atoms with van der Waals surface area (Å²) < 4.78 is 5.15. The van der Waals surface area contributed by atoms with Gasteiger partial charge in [0.1, 0.15) is 5.75 Å². The number of carbonyl (C=O) groups excluding carboxylic acids is 1. The Labute approximate surface area is 156 Å². The van der Waals surface area contributed by atoms with Crippen molar-refractivity contribution in [3.63, 3.8) is 0 Å². The number of ether oxygens (including phenoxy) is 1. The zero-order valence-electron chi connectivity index (χ0n) is 14.6. The molecule has 26 heavy (non-hydrogen) atoms. The fourth-order valence-electron chi connectivity index (χ4n) is 2.32. The van der Waals surface area contributed by atoms with Gasteiger partial charge in [-0.3, -0.25) is 9.89 Å². The molecule has 0 aliphatic rings. The second-order valence-corrected chi connectivity index (χ2v) is 6.97. The predicted molar refractivity (Wildman–Crippen MR) is 102 cm³/mol. The van der Waals surface area contributed by atoms with Crippen LogP contribution >= 0.6 is 11.8 Å². The maximum absolute atomic E-state index is 12.3. The first-order valence-electron chi connectivity index (χ1n) is 8.21. The van der Waals surface area contributed by atoms with Gasteiger partial charge in [-0.15, -0.1) is 5.10 Å². The lowest BCUT2D eigenvalue weighted by Crippen LogP contribution is -2.30. The number of benzene rings is 2. The van der Waals surface area contributed by atoms with Crippen LogP contribution in [-0.2, 0) is 11.3 Å². The normalized spacial score (nSPS) is 11.8. The first kappa shape index (κ1) is 18.0. The van der Waals surface area contributed by atoms with Crippen LogP contribution in [0, 0.1) is 0 Å². The number of amides is 1. The molecule has 6 nitrogen and oxygen atoms in total. The molecule has 0 saturated carbocycles. The van der Waals surface area contributed by atoms with Crippen molar-refractivity contribution in [3.8, 4) is 17.1 Å². The van der Waals surface area contributed by atoms with Crippen LogP contribution in [0.1, 0.15) is 12.5 Å². The highest BCUT2D eigenvalue weighted by Crippen LogP contribution is 2.24. The fourth-order valence-corrected chi connectivity index (χ4v) is 3.07. The molecule has 7 heteroatoms. The van der Waals surface area contributed by atoms with Crippen molar-refractivity contribution < 1.29 is 9.53 Å². The standard InChI is InChI=1S/C19H20N4O2S/c1-13(18(24)20-12-14-6-4-3-5-7-14)26-19-21-17(22-23-19)15-8-10-16(25-2)11-9-15/h3-11,13H,12H2,1-2H3,(H,20,24)(H,21,22,23)/t13-/m1/s1. The van der Waals surface area contributed by atoms with Gasteiger partial charge in [-0.05, 0) is 36.8 Å². The number of nitrogens with zero attached hydrogens (tertiary/aromatic N) is 2. The Balaban J connectivity index is 1.56. The van der Waals surface area contributed by atoms with E-state index in [1.165, 1.54) is 11.8 Å². The summed E-state index contributed by atoms with van der Waals surface area (Å²) in [6, 6.07) is 17.4. The van der Waals surface area contributed by atoms with E-state index in [0.717, 1.165) is 16.9 Å². The number of aromatic amines is 1. The van der Waals surface area contributed by atoms with Gasteiger partial charge in [-0.1, -0.05) is 42.1 Å². The van der Waals surface area contributed by atoms with Crippen LogP contribution in [-0.4, -0.2) is 33.4 Å². The molecule has 134 valence electrons. The molecule has 3 aromatic rings. The number of hydrogen-bond acceptors (Lipinski definition) is 5. The van der Waals surface area contributed by atoms with Crippen LogP contribution in [0.25, 0.3) is 11.4 Å². The van der Waals surface area contributed by atoms with E-state index in [4.69, 9.17) is 4.74 Å². The van der Waals surface area contributed by atoms with Crippen LogP contribution in [0.2, 0.25) is 0 Å². The number of aromatic nitrogens is 3. The number of methoxy groups -OCH3 is 1. The van der Waals surface area contributed by atoms with E-state index in [1.54, 1.807) is 7.11 Å². The minimum absolute atomic E-state index is 0.0466. The molecule has 1 amide bonds. The molecule has 3 rings (SSSR count). The topological polar surface area (TPSA) is 79.9 Å². The molecule has 0 fully saturated rings. The third kappa shape index (κ3) is 4.64. The Kier molecular flexibility index (Phi) is 5.91. The smallest absolute Gasteiger partial charge is 0.233 e.